The summed E-state index contributed by atoms with van der Waals surface area (Å²) in [7, 11) is 0. The van der Waals surface area contributed by atoms with Gasteiger partial charge in [-0.25, -0.2) is 19.0 Å². The number of nitrogens with zero attached hydrogens (tertiary/aromatic N) is 6. The summed E-state index contributed by atoms with van der Waals surface area (Å²) in [6.07, 6.45) is 4.52. The van der Waals surface area contributed by atoms with Crippen molar-refractivity contribution in [3.63, 3.8) is 0 Å². The fourth-order valence-electron chi connectivity index (χ4n) is 5.38. The summed E-state index contributed by atoms with van der Waals surface area (Å²) in [5, 5.41) is 5.64. The lowest BCUT2D eigenvalue weighted by atomic mass is 10.1. The number of aromatic nitrogens is 4. The summed E-state index contributed by atoms with van der Waals surface area (Å²) >= 11 is 0. The van der Waals surface area contributed by atoms with Crippen LogP contribution in [0.3, 0.4) is 0 Å². The van der Waals surface area contributed by atoms with E-state index >= 15 is 0 Å². The number of hydrogen-bond donors (Lipinski definition) is 1. The molecule has 38 heavy (non-hydrogen) atoms. The van der Waals surface area contributed by atoms with Crippen LogP contribution < -0.4 is 15.4 Å². The first-order valence-corrected chi connectivity index (χ1v) is 12.7. The molecule has 1 fully saturated rings. The lowest BCUT2D eigenvalue weighted by Gasteiger charge is -2.32. The molecule has 0 saturated carbocycles. The molecule has 2 aliphatic heterocycles. The number of para-hydroxylation sites is 1. The predicted octanol–water partition coefficient (Wildman–Crippen LogP) is 3.96. The number of carbonyl (C=O) groups is 1. The molecule has 4 heterocycles. The molecule has 2 aromatic heterocycles. The zero-order valence-corrected chi connectivity index (χ0v) is 20.9. The zero-order valence-electron chi connectivity index (χ0n) is 20.9. The van der Waals surface area contributed by atoms with Crippen LogP contribution in [0.15, 0.2) is 61.4 Å². The van der Waals surface area contributed by atoms with Crippen molar-refractivity contribution in [2.45, 2.75) is 25.4 Å². The largest absolute Gasteiger partial charge is 0.489 e. The van der Waals surface area contributed by atoms with Gasteiger partial charge in [-0.05, 0) is 36.6 Å². The molecule has 6 rings (SSSR count). The molecule has 1 unspecified atom stereocenters. The van der Waals surface area contributed by atoms with Crippen LogP contribution in [-0.4, -0.2) is 56.8 Å². The Hall–Kier alpha value is -4.47. The van der Waals surface area contributed by atoms with Gasteiger partial charge >= 0.3 is 0 Å². The Kier molecular flexibility index (Phi) is 6.15. The summed E-state index contributed by atoms with van der Waals surface area (Å²) in [6, 6.07) is 12.9. The first-order valence-electron chi connectivity index (χ1n) is 12.7. The lowest BCUT2D eigenvalue weighted by Crippen LogP contribution is -2.40. The van der Waals surface area contributed by atoms with Crippen molar-refractivity contribution in [2.75, 3.05) is 36.9 Å². The second kappa shape index (κ2) is 9.77. The van der Waals surface area contributed by atoms with E-state index in [1.807, 2.05) is 33.8 Å². The van der Waals surface area contributed by atoms with Gasteiger partial charge in [-0.3, -0.25) is 4.79 Å². The molecule has 2 N–H and O–H groups in total. The van der Waals surface area contributed by atoms with E-state index in [1.165, 1.54) is 18.5 Å². The van der Waals surface area contributed by atoms with Crippen LogP contribution in [0.5, 0.6) is 5.75 Å². The van der Waals surface area contributed by atoms with E-state index < -0.39 is 0 Å². The molecule has 1 saturated heterocycles. The fraction of sp³-hybridized carbons (Fsp3) is 0.286. The van der Waals surface area contributed by atoms with Crippen molar-refractivity contribution in [2.24, 2.45) is 0 Å². The van der Waals surface area contributed by atoms with Crippen LogP contribution in [0.25, 0.3) is 22.3 Å². The topological polar surface area (TPSA) is 102 Å². The Bertz CT molecular complexity index is 1520. The smallest absolute Gasteiger partial charge is 0.246 e. The van der Waals surface area contributed by atoms with Crippen molar-refractivity contribution in [3.05, 3.63) is 72.8 Å². The number of nitrogens with two attached hydrogens (primary N) is 1. The van der Waals surface area contributed by atoms with E-state index in [1.54, 1.807) is 17.0 Å². The van der Waals surface area contributed by atoms with Gasteiger partial charge < -0.3 is 20.3 Å². The quantitative estimate of drug-likeness (QED) is 0.403. The summed E-state index contributed by atoms with van der Waals surface area (Å²) in [5.41, 5.74) is 10.1. The molecular formula is C28H28FN7O2. The van der Waals surface area contributed by atoms with Gasteiger partial charge in [-0.15, -0.1) is 0 Å². The number of halogens is 1. The maximum atomic E-state index is 14.6. The molecule has 10 heteroatoms. The third kappa shape index (κ3) is 4.21. The van der Waals surface area contributed by atoms with Gasteiger partial charge in [0, 0.05) is 25.2 Å². The van der Waals surface area contributed by atoms with Gasteiger partial charge in [0.25, 0.3) is 0 Å². The maximum Gasteiger partial charge on any atom is 0.246 e. The molecular weight excluding hydrogens is 485 g/mol. The minimum atomic E-state index is -0.289. The van der Waals surface area contributed by atoms with Crippen LogP contribution in [0, 0.1) is 5.82 Å². The molecule has 2 aliphatic rings. The van der Waals surface area contributed by atoms with Crippen molar-refractivity contribution in [3.8, 4) is 17.0 Å². The van der Waals surface area contributed by atoms with Gasteiger partial charge in [0.2, 0.25) is 5.91 Å². The predicted molar refractivity (Wildman–Crippen MR) is 143 cm³/mol. The molecule has 194 valence electrons. The van der Waals surface area contributed by atoms with Crippen LogP contribution in [0.2, 0.25) is 0 Å². The van der Waals surface area contributed by atoms with Gasteiger partial charge in [0.05, 0.1) is 18.0 Å². The van der Waals surface area contributed by atoms with E-state index in [4.69, 9.17) is 15.6 Å². The minimum Gasteiger partial charge on any atom is -0.489 e. The number of carbonyl (C=O) groups excluding carboxylic acids is 1. The monoisotopic (exact) mass is 513 g/mol. The van der Waals surface area contributed by atoms with Crippen molar-refractivity contribution in [1.82, 2.24) is 24.6 Å². The van der Waals surface area contributed by atoms with Gasteiger partial charge in [0.1, 0.15) is 41.7 Å². The molecule has 9 nitrogen and oxygen atoms in total. The molecule has 2 aromatic carbocycles. The lowest BCUT2D eigenvalue weighted by molar-refractivity contribution is -0.127. The zero-order chi connectivity index (χ0) is 26.2. The number of benzene rings is 2. The number of rotatable bonds is 5. The molecule has 0 bridgehead atoms. The SMILES string of the molecule is C=CC(=O)N1CCCC(n2nc(-c3ccc(CN4CCOc5cccc(F)c54)cc3)c3c(N)ncnc32)C1. The Morgan fingerprint density at radius 2 is 2.03 bits per heavy atom. The van der Waals surface area contributed by atoms with E-state index in [-0.39, 0.29) is 17.8 Å². The van der Waals surface area contributed by atoms with Crippen molar-refractivity contribution >= 4 is 28.4 Å². The van der Waals surface area contributed by atoms with E-state index in [0.717, 1.165) is 24.0 Å². The van der Waals surface area contributed by atoms with Crippen LogP contribution in [-0.2, 0) is 11.3 Å². The number of piperidine rings is 1. The van der Waals surface area contributed by atoms with Crippen LogP contribution in [0.4, 0.5) is 15.9 Å². The number of anilines is 2. The molecule has 1 amide bonds. The Labute approximate surface area is 219 Å². The molecule has 4 aromatic rings. The summed E-state index contributed by atoms with van der Waals surface area (Å²) < 4.78 is 22.1. The number of hydrogen-bond acceptors (Lipinski definition) is 7. The highest BCUT2D eigenvalue weighted by Crippen LogP contribution is 2.36. The Balaban J connectivity index is 1.31. The molecule has 1 atom stereocenters. The van der Waals surface area contributed by atoms with E-state index in [2.05, 4.69) is 16.5 Å². The van der Waals surface area contributed by atoms with Crippen LogP contribution >= 0.6 is 0 Å². The summed E-state index contributed by atoms with van der Waals surface area (Å²) in [4.78, 5) is 24.8. The minimum absolute atomic E-state index is 0.0336. The van der Waals surface area contributed by atoms with Gasteiger partial charge in [0.15, 0.2) is 5.65 Å². The molecule has 0 aliphatic carbocycles. The second-order valence-electron chi connectivity index (χ2n) is 9.59. The molecule has 0 radical (unpaired) electrons. The first kappa shape index (κ1) is 23.9. The number of likely N-dealkylation sites (tertiary alicyclic amines) is 1. The van der Waals surface area contributed by atoms with Gasteiger partial charge in [-0.2, -0.15) is 5.10 Å². The highest BCUT2D eigenvalue weighted by atomic mass is 19.1. The van der Waals surface area contributed by atoms with Gasteiger partial charge in [-0.1, -0.05) is 36.9 Å². The average Bonchev–Trinajstić information content (AvgIpc) is 3.34. The highest BCUT2D eigenvalue weighted by Gasteiger charge is 2.28. The number of fused-ring (bicyclic) bond motifs is 2. The van der Waals surface area contributed by atoms with E-state index in [9.17, 15) is 9.18 Å². The highest BCUT2D eigenvalue weighted by molar-refractivity contribution is 5.98. The number of amides is 1. The van der Waals surface area contributed by atoms with Crippen molar-refractivity contribution in [1.29, 1.82) is 0 Å². The normalized spacial score (nSPS) is 17.2. The third-order valence-corrected chi connectivity index (χ3v) is 7.23. The molecule has 0 spiro atoms. The Morgan fingerprint density at radius 3 is 2.84 bits per heavy atom. The average molecular weight is 514 g/mol. The third-order valence-electron chi connectivity index (χ3n) is 7.23. The standard InChI is InChI=1S/C28H28FN7O2/c1-2-23(37)34-12-4-5-20(16-34)36-28-24(27(30)31-17-32-28)25(33-36)19-10-8-18(9-11-19)15-35-13-14-38-22-7-3-6-21(29)26(22)35/h2-3,6-11,17,20H,1,4-5,12-16H2,(H2,30,31,32). The van der Waals surface area contributed by atoms with Crippen molar-refractivity contribution < 1.29 is 13.9 Å². The fourth-order valence-corrected chi connectivity index (χ4v) is 5.38. The van der Waals surface area contributed by atoms with E-state index in [0.29, 0.717) is 66.8 Å². The second-order valence-corrected chi connectivity index (χ2v) is 9.59. The number of ether oxygens (including phenoxy) is 1. The van der Waals surface area contributed by atoms with Crippen LogP contribution in [0.1, 0.15) is 24.4 Å². The summed E-state index contributed by atoms with van der Waals surface area (Å²) in [5.74, 6) is 0.549. The number of nitrogen functional groups attached to an aromatic ring is 1. The Morgan fingerprint density at radius 1 is 1.18 bits per heavy atom. The summed E-state index contributed by atoms with van der Waals surface area (Å²) in [6.45, 7) is 6.51. The first-order chi connectivity index (χ1) is 18.5. The maximum absolute atomic E-state index is 14.6.